The van der Waals surface area contributed by atoms with Gasteiger partial charge in [0.15, 0.2) is 41.8 Å². The molecule has 0 saturated carbocycles. The van der Waals surface area contributed by atoms with Crippen LogP contribution in [-0.4, -0.2) is 260 Å². The van der Waals surface area contributed by atoms with Crippen molar-refractivity contribution in [3.63, 3.8) is 0 Å². The summed E-state index contributed by atoms with van der Waals surface area (Å²) in [7, 11) is 9.11. The van der Waals surface area contributed by atoms with Crippen molar-refractivity contribution in [2.24, 2.45) is 11.7 Å². The van der Waals surface area contributed by atoms with E-state index in [-0.39, 0.29) is 108 Å². The van der Waals surface area contributed by atoms with Crippen molar-refractivity contribution in [1.29, 1.82) is 0 Å². The number of aliphatic hydroxyl groups is 5. The van der Waals surface area contributed by atoms with Crippen LogP contribution in [0.3, 0.4) is 0 Å². The minimum Gasteiger partial charge on any atom is -0.492 e. The van der Waals surface area contributed by atoms with Crippen LogP contribution >= 0.6 is 55.9 Å². The van der Waals surface area contributed by atoms with Gasteiger partial charge in [-0.15, -0.1) is 0 Å². The van der Waals surface area contributed by atoms with Gasteiger partial charge in [0.25, 0.3) is 0 Å². The highest BCUT2D eigenvalue weighted by atomic mass is 127. The molecule has 1 aromatic carbocycles. The second-order valence-electron chi connectivity index (χ2n) is 23.9. The number of hydroxylamine groups is 1. The predicted molar refractivity (Wildman–Crippen MR) is 369 cm³/mol. The molecule has 560 valence electrons. The number of benzene rings is 1. The van der Waals surface area contributed by atoms with Gasteiger partial charge in [0, 0.05) is 68.1 Å². The van der Waals surface area contributed by atoms with Gasteiger partial charge in [-0.3, -0.25) is 33.6 Å². The number of thioether (sulfide) groups is 1. The molecule has 0 radical (unpaired) electrons. The van der Waals surface area contributed by atoms with Crippen LogP contribution in [0.25, 0.3) is 0 Å². The van der Waals surface area contributed by atoms with Crippen molar-refractivity contribution < 1.29 is 131 Å². The van der Waals surface area contributed by atoms with Gasteiger partial charge >= 0.3 is 18.1 Å². The summed E-state index contributed by atoms with van der Waals surface area (Å²) in [6.45, 7) is 8.81. The molecule has 0 aromatic heterocycles. The molecular formula is C66H89IN4O27S3. The number of nitrogens with one attached hydrogen (secondary N) is 3. The number of aliphatic carboxylic acids is 1. The van der Waals surface area contributed by atoms with Crippen LogP contribution < -0.4 is 36.1 Å². The van der Waals surface area contributed by atoms with Crippen LogP contribution in [0.2, 0.25) is 0 Å². The molecule has 7 rings (SSSR count). The Morgan fingerprint density at radius 1 is 0.881 bits per heavy atom. The summed E-state index contributed by atoms with van der Waals surface area (Å²) in [6.07, 6.45) is -14.0. The monoisotopic (exact) mass is 1590 g/mol. The van der Waals surface area contributed by atoms with Crippen LogP contribution in [0.15, 0.2) is 34.9 Å². The van der Waals surface area contributed by atoms with Crippen molar-refractivity contribution in [1.82, 2.24) is 16.1 Å². The van der Waals surface area contributed by atoms with Crippen LogP contribution in [0, 0.1) is 40.1 Å². The zero-order chi connectivity index (χ0) is 74.4. The van der Waals surface area contributed by atoms with Crippen LogP contribution in [0.4, 0.5) is 0 Å². The van der Waals surface area contributed by atoms with Gasteiger partial charge < -0.3 is 104 Å². The number of carbonyl (C=O) groups is 6. The number of ketones is 2. The first-order chi connectivity index (χ1) is 48.2. The summed E-state index contributed by atoms with van der Waals surface area (Å²) in [6, 6.07) is -1.39. The lowest BCUT2D eigenvalue weighted by Crippen LogP contribution is -2.65. The quantitative estimate of drug-likeness (QED) is 0.0121. The fraction of sp³-hybridized carbons (Fsp3) is 0.652. The maximum Gasteiger partial charge on any atom is 0.373 e. The lowest BCUT2D eigenvalue weighted by molar-refractivity contribution is -0.336. The number of aliphatic hydroxyl groups excluding tert-OH is 4. The molecule has 4 fully saturated rings. The summed E-state index contributed by atoms with van der Waals surface area (Å²) >= 11 is 2.78. The van der Waals surface area contributed by atoms with E-state index in [1.165, 1.54) is 55.1 Å². The number of hydrogen-bond acceptors (Lipinski definition) is 32. The van der Waals surface area contributed by atoms with E-state index in [4.69, 9.17) is 77.0 Å². The van der Waals surface area contributed by atoms with Gasteiger partial charge in [0.2, 0.25) is 23.1 Å². The molecule has 101 heavy (non-hydrogen) atoms. The van der Waals surface area contributed by atoms with E-state index in [1.807, 2.05) is 29.5 Å². The first kappa shape index (κ1) is 84.8. The predicted octanol–water partition coefficient (Wildman–Crippen LogP) is 1.10. The Balaban J connectivity index is 0.00000525. The molecule has 4 saturated heterocycles. The number of carboxylic acid groups (broad SMARTS) is 1. The lowest BCUT2D eigenvalue weighted by Gasteiger charge is -2.46. The Morgan fingerprint density at radius 3 is 2.23 bits per heavy atom. The summed E-state index contributed by atoms with van der Waals surface area (Å²) in [5.41, 5.74) is 6.65. The number of rotatable bonds is 32. The van der Waals surface area contributed by atoms with Gasteiger partial charge in [0.05, 0.1) is 104 Å². The highest BCUT2D eigenvalue weighted by Crippen LogP contribution is 2.49. The Morgan fingerprint density at radius 2 is 1.58 bits per heavy atom. The van der Waals surface area contributed by atoms with E-state index in [0.29, 0.717) is 22.1 Å². The number of ether oxygens (including phenoxy) is 12. The zero-order valence-electron chi connectivity index (χ0n) is 57.3. The molecule has 31 nitrogen and oxygen atoms in total. The number of amides is 1. The number of likely N-dealkylation sites (N-methyl/N-ethyl adjacent to an activating group) is 1. The fourth-order valence-electron chi connectivity index (χ4n) is 12.0. The second kappa shape index (κ2) is 40.9. The van der Waals surface area contributed by atoms with E-state index in [2.05, 4.69) is 39.8 Å². The number of methoxy groups -OCH3 is 5. The molecule has 1 aromatic rings. The number of fused-ring (bicyclic) bond motifs is 2. The molecule has 35 heteroatoms. The molecule has 4 heterocycles. The maximum atomic E-state index is 14.5. The van der Waals surface area contributed by atoms with Gasteiger partial charge in [-0.2, -0.15) is 15.1 Å². The van der Waals surface area contributed by atoms with Crippen LogP contribution in [0.5, 0.6) is 17.2 Å². The molecule has 6 aliphatic rings. The zero-order valence-corrected chi connectivity index (χ0v) is 61.9. The topological polar surface area (TPSA) is 440 Å². The van der Waals surface area contributed by atoms with E-state index in [9.17, 15) is 59.4 Å². The van der Waals surface area contributed by atoms with Crippen molar-refractivity contribution >= 4 is 96.6 Å². The SMILES string of the molecule is CCN[C@H]1CO[C@@H](O[C@H]2[C@H](O[C@H]3C#C/C=C\C#C[C@]4(O)CC(=O)C(CC(=O)OC)=C3/C4=C\CSSC[C@H](CC(=O)CCCN)C(=O)NCC(=O)O)O[C@H](C)[C@@H](NO[C@H]3C[C@H](O)[C@H](SC(=O)c4c(C)c(I)c(O[C@@H]5O[C@@H](C)[C@H](O)[C@@H](OC)[C@H]5O)c(OC)c4OC)[C@@H](C)O3)[C@@H]2O)C[C@@H]1OC.O=C=O. The average Bonchev–Trinajstić information content (AvgIpc) is 0.760. The van der Waals surface area contributed by atoms with E-state index in [0.717, 1.165) is 18.9 Å². The van der Waals surface area contributed by atoms with Gasteiger partial charge in [0.1, 0.15) is 49.0 Å². The second-order valence-corrected chi connectivity index (χ2v) is 28.7. The Hall–Kier alpha value is -5.14. The number of allylic oxidation sites excluding steroid dienone is 2. The molecule has 1 amide bonds. The summed E-state index contributed by atoms with van der Waals surface area (Å²) in [5.74, 6) is 7.13. The molecule has 2 aliphatic carbocycles. The number of nitrogens with two attached hydrogens (primary N) is 1. The molecule has 0 unspecified atom stereocenters. The van der Waals surface area contributed by atoms with Crippen molar-refractivity contribution in [2.75, 3.05) is 73.3 Å². The normalized spacial score (nSPS) is 31.8. The van der Waals surface area contributed by atoms with Crippen molar-refractivity contribution in [3.05, 3.63) is 49.6 Å². The smallest absolute Gasteiger partial charge is 0.373 e. The summed E-state index contributed by atoms with van der Waals surface area (Å²) in [5, 5.41) is 72.3. The Bertz CT molecular complexity index is 3310. The van der Waals surface area contributed by atoms with Gasteiger partial charge in [-0.1, -0.05) is 70.0 Å². The van der Waals surface area contributed by atoms with E-state index < -0.39 is 163 Å². The van der Waals surface area contributed by atoms with E-state index in [1.54, 1.807) is 40.9 Å². The summed E-state index contributed by atoms with van der Waals surface area (Å²) in [4.78, 5) is 102. The highest BCUT2D eigenvalue weighted by molar-refractivity contribution is 14.1. The van der Waals surface area contributed by atoms with Gasteiger partial charge in [-0.25, -0.2) is 0 Å². The minimum atomic E-state index is -2.21. The first-order valence-electron chi connectivity index (χ1n) is 32.2. The van der Waals surface area contributed by atoms with Crippen molar-refractivity contribution in [3.8, 4) is 40.9 Å². The molecular weight excluding hydrogens is 1500 g/mol. The number of esters is 1. The minimum absolute atomic E-state index is 0.00179. The molecule has 20 atom stereocenters. The molecule has 0 spiro atoms. The first-order valence-corrected chi connectivity index (χ1v) is 36.7. The van der Waals surface area contributed by atoms with E-state index >= 15 is 0 Å². The summed E-state index contributed by atoms with van der Waals surface area (Å²) < 4.78 is 72.9. The van der Waals surface area contributed by atoms with Crippen LogP contribution in [0.1, 0.15) is 88.6 Å². The Labute approximate surface area is 610 Å². The largest absolute Gasteiger partial charge is 0.492 e. The average molecular weight is 1590 g/mol. The third-order valence-corrected chi connectivity index (χ3v) is 22.2. The highest BCUT2D eigenvalue weighted by Gasteiger charge is 2.52. The molecule has 4 aliphatic heterocycles. The Kier molecular flexibility index (Phi) is 34.4. The molecule has 11 N–H and O–H groups in total. The number of hydrogen-bond donors (Lipinski definition) is 10. The standard InChI is InChI=1S/C65H89IN4O25S3.CO2/c1-11-68-39-29-88-46(26-43(39)83-6)93-58-53(78)51(70-95-47-25-40(72)60(34(5)89-47)98-62(81)48-31(2)50(66)56(59(87-10)55(48)85-8)94-63-54(79)57(86-9)52(77)33(4)91-63)32(3)90-64(58)92-42-18-14-12-13-15-20-65(82)27-41(73)37(24-45(76)84-7)49(42)38(65)19-22-96-97-30-35(23-36(71)17-16-21-67)61(80)69-28-44(74)75;2-1-3/h12-13,19,32-35,39-40,42-43,46-47,51-54,57-58,60,63-64,68,70,72,77-79,82H,11,16-17,21-30,67H2,1-10H3,(H,69,80)(H,74,75);/b13-12-,38-19+;/t32-,33+,34-,35+,39+,40+,42+,43+,46+,47+,51-,52+,53+,54-,57-,58-,60-,63+,64+,65+;/m1./s1. The number of carboxylic acids is 1. The number of carbonyl (C=O) groups excluding carboxylic acids is 7. The van der Waals surface area contributed by atoms with Crippen LogP contribution in [-0.2, 0) is 81.0 Å². The maximum absolute atomic E-state index is 14.5. The van der Waals surface area contributed by atoms with Crippen molar-refractivity contribution in [2.45, 2.75) is 195 Å². The third kappa shape index (κ3) is 22.2. The number of halogens is 1. The number of Topliss-reactive ketones (excluding diaryl/α,β-unsaturated/α-hetero) is 2. The van der Waals surface area contributed by atoms with Gasteiger partial charge in [-0.05, 0) is 87.5 Å². The lowest BCUT2D eigenvalue weighted by atomic mass is 9.72. The molecule has 2 bridgehead atoms. The fourth-order valence-corrected chi connectivity index (χ4v) is 15.9. The third-order valence-electron chi connectivity index (χ3n) is 17.2.